The minimum absolute atomic E-state index is 0.0219. The molecule has 0 amide bonds. The molecule has 0 spiro atoms. The Balaban J connectivity index is 2.32. The minimum atomic E-state index is -0.532. The first kappa shape index (κ1) is 14.2. The van der Waals surface area contributed by atoms with Gasteiger partial charge in [0.1, 0.15) is 5.75 Å². The molecule has 0 aliphatic heterocycles. The van der Waals surface area contributed by atoms with Crippen molar-refractivity contribution in [1.29, 1.82) is 0 Å². The second kappa shape index (κ2) is 5.02. The van der Waals surface area contributed by atoms with Crippen LogP contribution in [0.5, 0.6) is 5.75 Å². The number of rotatable bonds is 2. The summed E-state index contributed by atoms with van der Waals surface area (Å²) in [6.45, 7) is 6.31. The summed E-state index contributed by atoms with van der Waals surface area (Å²) in [6.07, 6.45) is 1.18. The molecule has 106 valence electrons. The molecular formula is C15H24N2O2. The Morgan fingerprint density at radius 3 is 2.53 bits per heavy atom. The number of benzene rings is 1. The summed E-state index contributed by atoms with van der Waals surface area (Å²) in [5.74, 6) is 0.246. The summed E-state index contributed by atoms with van der Waals surface area (Å²) < 4.78 is 0. The van der Waals surface area contributed by atoms with Crippen LogP contribution in [0.1, 0.15) is 44.4 Å². The van der Waals surface area contributed by atoms with Crippen molar-refractivity contribution in [1.82, 2.24) is 5.32 Å². The number of hydrogen-bond donors (Lipinski definition) is 4. The van der Waals surface area contributed by atoms with E-state index in [9.17, 15) is 10.2 Å². The average molecular weight is 264 g/mol. The zero-order valence-electron chi connectivity index (χ0n) is 12.1. The number of phenolic OH excluding ortho intramolecular Hbond substituents is 1. The second-order valence-corrected chi connectivity index (χ2v) is 6.26. The van der Waals surface area contributed by atoms with E-state index in [1.165, 1.54) is 0 Å². The van der Waals surface area contributed by atoms with Crippen LogP contribution in [-0.4, -0.2) is 28.8 Å². The molecule has 1 aromatic rings. The molecule has 19 heavy (non-hydrogen) atoms. The highest BCUT2D eigenvalue weighted by molar-refractivity contribution is 5.64. The van der Waals surface area contributed by atoms with Gasteiger partial charge in [0.15, 0.2) is 0 Å². The van der Waals surface area contributed by atoms with Crippen molar-refractivity contribution in [2.75, 3.05) is 12.4 Å². The van der Waals surface area contributed by atoms with Gasteiger partial charge < -0.3 is 20.8 Å². The van der Waals surface area contributed by atoms with E-state index in [4.69, 9.17) is 0 Å². The van der Waals surface area contributed by atoms with E-state index in [0.29, 0.717) is 0 Å². The lowest BCUT2D eigenvalue weighted by atomic mass is 9.83. The van der Waals surface area contributed by atoms with Crippen LogP contribution in [0, 0.1) is 0 Å². The summed E-state index contributed by atoms with van der Waals surface area (Å²) in [4.78, 5) is 0. The molecule has 0 bridgehead atoms. The number of nitrogens with one attached hydrogen (secondary N) is 2. The molecule has 0 saturated heterocycles. The number of aromatic hydroxyl groups is 1. The predicted molar refractivity (Wildman–Crippen MR) is 77.6 cm³/mol. The normalized spacial score (nSPS) is 23.0. The van der Waals surface area contributed by atoms with E-state index in [1.807, 2.05) is 6.07 Å². The van der Waals surface area contributed by atoms with Crippen LogP contribution in [0.3, 0.4) is 0 Å². The van der Waals surface area contributed by atoms with Crippen molar-refractivity contribution >= 4 is 5.69 Å². The topological polar surface area (TPSA) is 64.5 Å². The first-order chi connectivity index (χ1) is 8.83. The van der Waals surface area contributed by atoms with Crippen molar-refractivity contribution < 1.29 is 10.2 Å². The molecule has 4 nitrogen and oxygen atoms in total. The van der Waals surface area contributed by atoms with Gasteiger partial charge in [-0.05, 0) is 50.8 Å². The van der Waals surface area contributed by atoms with E-state index < -0.39 is 6.10 Å². The van der Waals surface area contributed by atoms with Crippen LogP contribution in [-0.2, 0) is 6.42 Å². The lowest BCUT2D eigenvalue weighted by Gasteiger charge is -2.36. The highest BCUT2D eigenvalue weighted by Crippen LogP contribution is 2.39. The minimum Gasteiger partial charge on any atom is -0.506 e. The van der Waals surface area contributed by atoms with Gasteiger partial charge in [0, 0.05) is 18.6 Å². The largest absolute Gasteiger partial charge is 0.506 e. The average Bonchev–Trinajstić information content (AvgIpc) is 2.31. The predicted octanol–water partition coefficient (Wildman–Crippen LogP) is 2.17. The number of phenols is 1. The van der Waals surface area contributed by atoms with E-state index in [0.717, 1.165) is 29.7 Å². The van der Waals surface area contributed by atoms with Crippen LogP contribution in [0.2, 0.25) is 0 Å². The standard InChI is InChI=1S/C15H24N2O2/c1-15(2,3)17-11-7-5-9-10(14(11)19)6-8-12(18)13(9)16-4/h6,8,11,14,16-19H,5,7H2,1-4H3/t11-,14+/m1/s1. The van der Waals surface area contributed by atoms with Crippen LogP contribution in [0.25, 0.3) is 0 Å². The summed E-state index contributed by atoms with van der Waals surface area (Å²) in [5.41, 5.74) is 2.66. The first-order valence-corrected chi connectivity index (χ1v) is 6.81. The number of hydrogen-bond acceptors (Lipinski definition) is 4. The van der Waals surface area contributed by atoms with Crippen LogP contribution in [0.4, 0.5) is 5.69 Å². The van der Waals surface area contributed by atoms with Crippen molar-refractivity contribution in [3.05, 3.63) is 23.3 Å². The molecule has 1 aromatic carbocycles. The molecule has 1 aliphatic rings. The Hall–Kier alpha value is -1.26. The molecule has 0 unspecified atom stereocenters. The zero-order chi connectivity index (χ0) is 14.2. The van der Waals surface area contributed by atoms with Gasteiger partial charge in [-0.3, -0.25) is 0 Å². The lowest BCUT2D eigenvalue weighted by Crippen LogP contribution is -2.48. The molecule has 2 rings (SSSR count). The van der Waals surface area contributed by atoms with E-state index in [2.05, 4.69) is 31.4 Å². The molecule has 4 heteroatoms. The van der Waals surface area contributed by atoms with Gasteiger partial charge in [0.25, 0.3) is 0 Å². The quantitative estimate of drug-likeness (QED) is 0.618. The van der Waals surface area contributed by atoms with E-state index >= 15 is 0 Å². The molecule has 0 heterocycles. The molecule has 0 radical (unpaired) electrons. The van der Waals surface area contributed by atoms with Crippen LogP contribution < -0.4 is 10.6 Å². The third-order valence-electron chi connectivity index (χ3n) is 3.60. The molecule has 0 aromatic heterocycles. The monoisotopic (exact) mass is 264 g/mol. The van der Waals surface area contributed by atoms with Crippen LogP contribution >= 0.6 is 0 Å². The van der Waals surface area contributed by atoms with Crippen molar-refractivity contribution in [2.24, 2.45) is 0 Å². The fourth-order valence-electron chi connectivity index (χ4n) is 2.86. The lowest BCUT2D eigenvalue weighted by molar-refractivity contribution is 0.100. The van der Waals surface area contributed by atoms with E-state index in [-0.39, 0.29) is 17.3 Å². The zero-order valence-corrected chi connectivity index (χ0v) is 12.1. The highest BCUT2D eigenvalue weighted by Gasteiger charge is 2.32. The van der Waals surface area contributed by atoms with Gasteiger partial charge >= 0.3 is 0 Å². The maximum absolute atomic E-state index is 10.5. The van der Waals surface area contributed by atoms with Crippen molar-refractivity contribution in [2.45, 2.75) is 51.3 Å². The van der Waals surface area contributed by atoms with E-state index in [1.54, 1.807) is 13.1 Å². The Bertz CT molecular complexity index is 466. The van der Waals surface area contributed by atoms with Gasteiger partial charge in [0.2, 0.25) is 0 Å². The molecule has 2 atom stereocenters. The highest BCUT2D eigenvalue weighted by atomic mass is 16.3. The summed E-state index contributed by atoms with van der Waals surface area (Å²) in [6, 6.07) is 3.53. The third kappa shape index (κ3) is 2.85. The fourth-order valence-corrected chi connectivity index (χ4v) is 2.86. The van der Waals surface area contributed by atoms with Gasteiger partial charge in [-0.2, -0.15) is 0 Å². The molecule has 0 saturated carbocycles. The smallest absolute Gasteiger partial charge is 0.138 e. The summed E-state index contributed by atoms with van der Waals surface area (Å²) in [7, 11) is 1.79. The molecular weight excluding hydrogens is 240 g/mol. The molecule has 0 fully saturated rings. The van der Waals surface area contributed by atoms with Gasteiger partial charge in [0.05, 0.1) is 11.8 Å². The second-order valence-electron chi connectivity index (χ2n) is 6.26. The number of anilines is 1. The Kier molecular flexibility index (Phi) is 3.74. The number of aliphatic hydroxyl groups excluding tert-OH is 1. The van der Waals surface area contributed by atoms with Gasteiger partial charge in [-0.15, -0.1) is 0 Å². The number of aliphatic hydroxyl groups is 1. The van der Waals surface area contributed by atoms with Gasteiger partial charge in [-0.25, -0.2) is 0 Å². The van der Waals surface area contributed by atoms with Crippen molar-refractivity contribution in [3.8, 4) is 5.75 Å². The third-order valence-corrected chi connectivity index (χ3v) is 3.60. The Morgan fingerprint density at radius 2 is 1.95 bits per heavy atom. The van der Waals surface area contributed by atoms with Crippen molar-refractivity contribution in [3.63, 3.8) is 0 Å². The Labute approximate surface area is 114 Å². The summed E-state index contributed by atoms with van der Waals surface area (Å²) in [5, 5.41) is 26.9. The fraction of sp³-hybridized carbons (Fsp3) is 0.600. The first-order valence-electron chi connectivity index (χ1n) is 6.81. The summed E-state index contributed by atoms with van der Waals surface area (Å²) >= 11 is 0. The number of fused-ring (bicyclic) bond motifs is 1. The Morgan fingerprint density at radius 1 is 1.26 bits per heavy atom. The van der Waals surface area contributed by atoms with Crippen LogP contribution in [0.15, 0.2) is 12.1 Å². The molecule has 1 aliphatic carbocycles. The van der Waals surface area contributed by atoms with Gasteiger partial charge in [-0.1, -0.05) is 6.07 Å². The molecule has 4 N–H and O–H groups in total. The maximum Gasteiger partial charge on any atom is 0.138 e. The maximum atomic E-state index is 10.5. The SMILES string of the molecule is CNc1c(O)ccc2c1CC[C@@H](NC(C)(C)C)[C@H]2O.